The van der Waals surface area contributed by atoms with Gasteiger partial charge >= 0.3 is 0 Å². The van der Waals surface area contributed by atoms with Crippen molar-refractivity contribution in [2.24, 2.45) is 0 Å². The molecule has 2 amide bonds. The van der Waals surface area contributed by atoms with Crippen LogP contribution in [0, 0.1) is 0 Å². The molecule has 0 spiro atoms. The van der Waals surface area contributed by atoms with Crippen LogP contribution in [0.1, 0.15) is 5.56 Å². The molecule has 1 aliphatic heterocycles. The third-order valence-electron chi connectivity index (χ3n) is 2.62. The summed E-state index contributed by atoms with van der Waals surface area (Å²) >= 11 is 0. The monoisotopic (exact) mass is 219 g/mol. The highest BCUT2D eigenvalue weighted by Gasteiger charge is 2.28. The SMILES string of the molecule is CNC(=O)CN1C(=O)Cc2cc(N)ccc21. The largest absolute Gasteiger partial charge is 0.399 e. The second-order valence-corrected chi connectivity index (χ2v) is 3.72. The van der Waals surface area contributed by atoms with E-state index in [1.54, 1.807) is 25.2 Å². The fraction of sp³-hybridized carbons (Fsp3) is 0.273. The number of nitrogens with zero attached hydrogens (tertiary/aromatic N) is 1. The van der Waals surface area contributed by atoms with Gasteiger partial charge in [-0.15, -0.1) is 0 Å². The average molecular weight is 219 g/mol. The molecule has 0 saturated heterocycles. The summed E-state index contributed by atoms with van der Waals surface area (Å²) < 4.78 is 0. The molecule has 0 fully saturated rings. The third-order valence-corrected chi connectivity index (χ3v) is 2.62. The van der Waals surface area contributed by atoms with Gasteiger partial charge in [-0.3, -0.25) is 9.59 Å². The molecule has 0 bridgehead atoms. The van der Waals surface area contributed by atoms with Gasteiger partial charge in [0.05, 0.1) is 6.42 Å². The Morgan fingerprint density at radius 1 is 1.56 bits per heavy atom. The molecule has 2 rings (SSSR count). The van der Waals surface area contributed by atoms with E-state index in [9.17, 15) is 9.59 Å². The van der Waals surface area contributed by atoms with Crippen molar-refractivity contribution in [3.05, 3.63) is 23.8 Å². The summed E-state index contributed by atoms with van der Waals surface area (Å²) in [6, 6.07) is 5.28. The van der Waals surface area contributed by atoms with Crippen LogP contribution >= 0.6 is 0 Å². The first-order chi connectivity index (χ1) is 7.61. The lowest BCUT2D eigenvalue weighted by molar-refractivity contribution is -0.122. The normalized spacial score (nSPS) is 13.8. The van der Waals surface area contributed by atoms with Gasteiger partial charge in [-0.1, -0.05) is 0 Å². The van der Waals surface area contributed by atoms with Crippen LogP contribution < -0.4 is 16.0 Å². The Kier molecular flexibility index (Phi) is 2.52. The van der Waals surface area contributed by atoms with E-state index in [4.69, 9.17) is 5.73 Å². The maximum Gasteiger partial charge on any atom is 0.239 e. The predicted octanol–water partition coefficient (Wildman–Crippen LogP) is -0.0961. The van der Waals surface area contributed by atoms with Crippen LogP contribution in [-0.4, -0.2) is 25.4 Å². The van der Waals surface area contributed by atoms with Crippen molar-refractivity contribution in [3.63, 3.8) is 0 Å². The average Bonchev–Trinajstić information content (AvgIpc) is 2.54. The van der Waals surface area contributed by atoms with E-state index in [-0.39, 0.29) is 18.4 Å². The van der Waals surface area contributed by atoms with Crippen molar-refractivity contribution in [2.45, 2.75) is 6.42 Å². The lowest BCUT2D eigenvalue weighted by Gasteiger charge is -2.16. The topological polar surface area (TPSA) is 75.4 Å². The number of benzene rings is 1. The molecule has 84 valence electrons. The third kappa shape index (κ3) is 1.71. The van der Waals surface area contributed by atoms with Gasteiger partial charge in [-0.25, -0.2) is 0 Å². The Morgan fingerprint density at radius 2 is 2.31 bits per heavy atom. The van der Waals surface area contributed by atoms with Gasteiger partial charge in [-0.2, -0.15) is 0 Å². The molecule has 1 aromatic carbocycles. The van der Waals surface area contributed by atoms with Gasteiger partial charge in [0.1, 0.15) is 6.54 Å². The molecule has 0 saturated carbocycles. The van der Waals surface area contributed by atoms with Gasteiger partial charge in [0, 0.05) is 18.4 Å². The number of nitrogens with two attached hydrogens (primary N) is 1. The number of fused-ring (bicyclic) bond motifs is 1. The van der Waals surface area contributed by atoms with Gasteiger partial charge in [0.15, 0.2) is 0 Å². The van der Waals surface area contributed by atoms with Crippen molar-refractivity contribution < 1.29 is 9.59 Å². The molecule has 0 radical (unpaired) electrons. The highest BCUT2D eigenvalue weighted by molar-refractivity contribution is 6.05. The number of anilines is 2. The molecule has 0 unspecified atom stereocenters. The summed E-state index contributed by atoms with van der Waals surface area (Å²) in [5, 5.41) is 2.50. The van der Waals surface area contributed by atoms with Crippen LogP contribution in [-0.2, 0) is 16.0 Å². The number of amides is 2. The number of nitrogens with one attached hydrogen (secondary N) is 1. The van der Waals surface area contributed by atoms with Crippen LogP contribution in [0.2, 0.25) is 0 Å². The lowest BCUT2D eigenvalue weighted by atomic mass is 10.1. The molecule has 3 N–H and O–H groups in total. The zero-order valence-corrected chi connectivity index (χ0v) is 8.99. The highest BCUT2D eigenvalue weighted by atomic mass is 16.2. The first-order valence-corrected chi connectivity index (χ1v) is 5.01. The van der Waals surface area contributed by atoms with Gasteiger partial charge in [0.25, 0.3) is 0 Å². The quantitative estimate of drug-likeness (QED) is 0.682. The summed E-state index contributed by atoms with van der Waals surface area (Å²) in [6.45, 7) is 0.0618. The molecule has 0 aromatic heterocycles. The highest BCUT2D eigenvalue weighted by Crippen LogP contribution is 2.29. The summed E-state index contributed by atoms with van der Waals surface area (Å²) in [4.78, 5) is 24.4. The minimum atomic E-state index is -0.182. The minimum absolute atomic E-state index is 0.0618. The number of rotatable bonds is 2. The number of hydrogen-bond acceptors (Lipinski definition) is 3. The Balaban J connectivity index is 2.29. The van der Waals surface area contributed by atoms with Crippen molar-refractivity contribution in [3.8, 4) is 0 Å². The van der Waals surface area contributed by atoms with E-state index in [0.717, 1.165) is 11.3 Å². The van der Waals surface area contributed by atoms with Crippen LogP contribution in [0.4, 0.5) is 11.4 Å². The van der Waals surface area contributed by atoms with Crippen molar-refractivity contribution in [2.75, 3.05) is 24.2 Å². The van der Waals surface area contributed by atoms with E-state index in [2.05, 4.69) is 5.32 Å². The maximum atomic E-state index is 11.7. The number of hydrogen-bond donors (Lipinski definition) is 2. The molecule has 1 aliphatic rings. The fourth-order valence-corrected chi connectivity index (χ4v) is 1.80. The molecule has 1 aromatic rings. The second-order valence-electron chi connectivity index (χ2n) is 3.72. The Labute approximate surface area is 93.2 Å². The summed E-state index contributed by atoms with van der Waals surface area (Å²) in [7, 11) is 1.55. The van der Waals surface area contributed by atoms with E-state index in [0.29, 0.717) is 12.1 Å². The van der Waals surface area contributed by atoms with E-state index in [1.165, 1.54) is 4.90 Å². The summed E-state index contributed by atoms with van der Waals surface area (Å²) in [5.74, 6) is -0.248. The fourth-order valence-electron chi connectivity index (χ4n) is 1.80. The van der Waals surface area contributed by atoms with Crippen molar-refractivity contribution >= 4 is 23.2 Å². The second kappa shape index (κ2) is 3.84. The van der Waals surface area contributed by atoms with Crippen LogP contribution in [0.25, 0.3) is 0 Å². The van der Waals surface area contributed by atoms with Gasteiger partial charge in [0.2, 0.25) is 11.8 Å². The van der Waals surface area contributed by atoms with E-state index >= 15 is 0 Å². The van der Waals surface area contributed by atoms with Crippen molar-refractivity contribution in [1.29, 1.82) is 0 Å². The lowest BCUT2D eigenvalue weighted by Crippen LogP contribution is -2.37. The molecule has 1 heterocycles. The zero-order chi connectivity index (χ0) is 11.7. The molecular weight excluding hydrogens is 206 g/mol. The number of carbonyl (C=O) groups is 2. The smallest absolute Gasteiger partial charge is 0.239 e. The molecule has 0 aliphatic carbocycles. The van der Waals surface area contributed by atoms with Gasteiger partial charge < -0.3 is 16.0 Å². The molecule has 0 atom stereocenters. The predicted molar refractivity (Wildman–Crippen MR) is 61.0 cm³/mol. The Hall–Kier alpha value is -2.04. The summed E-state index contributed by atoms with van der Waals surface area (Å²) in [6.07, 6.45) is 0.317. The minimum Gasteiger partial charge on any atom is -0.399 e. The maximum absolute atomic E-state index is 11.7. The van der Waals surface area contributed by atoms with E-state index in [1.807, 2.05) is 0 Å². The molecule has 16 heavy (non-hydrogen) atoms. The molecular formula is C11H13N3O2. The number of likely N-dealkylation sites (N-methyl/N-ethyl adjacent to an activating group) is 1. The molecule has 5 nitrogen and oxygen atoms in total. The Bertz CT molecular complexity index is 457. The first kappa shape index (κ1) is 10.5. The van der Waals surface area contributed by atoms with Crippen LogP contribution in [0.5, 0.6) is 0 Å². The number of carbonyl (C=O) groups excluding carboxylic acids is 2. The first-order valence-electron chi connectivity index (χ1n) is 5.01. The van der Waals surface area contributed by atoms with Crippen molar-refractivity contribution in [1.82, 2.24) is 5.32 Å². The zero-order valence-electron chi connectivity index (χ0n) is 8.99. The van der Waals surface area contributed by atoms with Gasteiger partial charge in [-0.05, 0) is 23.8 Å². The van der Waals surface area contributed by atoms with Crippen LogP contribution in [0.3, 0.4) is 0 Å². The Morgan fingerprint density at radius 3 is 3.00 bits per heavy atom. The van der Waals surface area contributed by atoms with Crippen LogP contribution in [0.15, 0.2) is 18.2 Å². The standard InChI is InChI=1S/C11H13N3O2/c1-13-10(15)6-14-9-3-2-8(12)4-7(9)5-11(14)16/h2-4H,5-6,12H2,1H3,(H,13,15). The summed E-state index contributed by atoms with van der Waals surface area (Å²) in [5.41, 5.74) is 7.94. The van der Waals surface area contributed by atoms with E-state index < -0.39 is 0 Å². The molecule has 5 heteroatoms. The number of nitrogen functional groups attached to an aromatic ring is 1.